The molecule has 0 spiro atoms. The van der Waals surface area contributed by atoms with E-state index in [1.807, 2.05) is 0 Å². The number of alkyl halides is 3. The molecule has 0 aliphatic rings. The lowest BCUT2D eigenvalue weighted by molar-refractivity contribution is -0.139. The Bertz CT molecular complexity index is 334. The van der Waals surface area contributed by atoms with Crippen molar-refractivity contribution in [3.05, 3.63) is 28.5 Å². The topological polar surface area (TPSA) is 26.0 Å². The number of anilines is 1. The fourth-order valence-electron chi connectivity index (χ4n) is 0.783. The first-order valence-corrected chi connectivity index (χ1v) is 3.52. The zero-order valence-corrected chi connectivity index (χ0v) is 6.88. The molecule has 0 fully saturated rings. The Morgan fingerprint density at radius 3 is 2.23 bits per heavy atom. The summed E-state index contributed by atoms with van der Waals surface area (Å²) in [4.78, 5) is 0. The molecule has 1 rings (SSSR count). The van der Waals surface area contributed by atoms with E-state index in [4.69, 9.17) is 17.3 Å². The highest BCUT2D eigenvalue weighted by atomic mass is 35.5. The van der Waals surface area contributed by atoms with Gasteiger partial charge in [-0.1, -0.05) is 11.6 Å². The van der Waals surface area contributed by atoms with Gasteiger partial charge in [-0.3, -0.25) is 0 Å². The SMILES string of the molecule is Nc1cc(C(F)(F)F)c(F)cc1Cl. The van der Waals surface area contributed by atoms with Crippen LogP contribution < -0.4 is 5.73 Å². The van der Waals surface area contributed by atoms with Gasteiger partial charge in [-0.05, 0) is 12.1 Å². The smallest absolute Gasteiger partial charge is 0.398 e. The molecule has 0 aromatic heterocycles. The number of rotatable bonds is 0. The largest absolute Gasteiger partial charge is 0.419 e. The van der Waals surface area contributed by atoms with Crippen LogP contribution in [0.25, 0.3) is 0 Å². The Balaban J connectivity index is 3.32. The molecule has 0 bridgehead atoms. The summed E-state index contributed by atoms with van der Waals surface area (Å²) in [5.74, 6) is -1.42. The maximum atomic E-state index is 12.7. The van der Waals surface area contributed by atoms with Gasteiger partial charge in [-0.25, -0.2) is 4.39 Å². The Labute approximate surface area is 76.1 Å². The summed E-state index contributed by atoms with van der Waals surface area (Å²) in [5.41, 5.74) is 3.38. The molecule has 1 aromatic rings. The van der Waals surface area contributed by atoms with E-state index in [0.29, 0.717) is 12.1 Å². The highest BCUT2D eigenvalue weighted by Crippen LogP contribution is 2.34. The first-order chi connectivity index (χ1) is 5.82. The highest BCUT2D eigenvalue weighted by Gasteiger charge is 2.34. The van der Waals surface area contributed by atoms with E-state index in [-0.39, 0.29) is 10.7 Å². The molecule has 0 atom stereocenters. The summed E-state index contributed by atoms with van der Waals surface area (Å²) in [5, 5.41) is -0.231. The van der Waals surface area contributed by atoms with Crippen LogP contribution in [-0.4, -0.2) is 0 Å². The number of hydrogen-bond donors (Lipinski definition) is 1. The molecule has 13 heavy (non-hydrogen) atoms. The lowest BCUT2D eigenvalue weighted by Crippen LogP contribution is -2.09. The summed E-state index contributed by atoms with van der Waals surface area (Å²) < 4.78 is 48.7. The minimum Gasteiger partial charge on any atom is -0.398 e. The van der Waals surface area contributed by atoms with E-state index in [1.165, 1.54) is 0 Å². The van der Waals surface area contributed by atoms with E-state index in [2.05, 4.69) is 0 Å². The summed E-state index contributed by atoms with van der Waals surface area (Å²) in [6, 6.07) is 1.01. The Hall–Kier alpha value is -0.970. The normalized spacial score (nSPS) is 11.8. The fourth-order valence-corrected chi connectivity index (χ4v) is 0.933. The molecule has 2 N–H and O–H groups in total. The number of nitrogen functional groups attached to an aromatic ring is 1. The molecule has 1 aromatic carbocycles. The summed E-state index contributed by atoms with van der Waals surface area (Å²) in [6.45, 7) is 0. The fraction of sp³-hybridized carbons (Fsp3) is 0.143. The maximum Gasteiger partial charge on any atom is 0.419 e. The predicted molar refractivity (Wildman–Crippen MR) is 40.8 cm³/mol. The van der Waals surface area contributed by atoms with Gasteiger partial charge in [0.15, 0.2) is 0 Å². The molecule has 0 aliphatic heterocycles. The van der Waals surface area contributed by atoms with Crippen LogP contribution in [0, 0.1) is 5.82 Å². The molecule has 0 heterocycles. The van der Waals surface area contributed by atoms with Crippen LogP contribution in [0.5, 0.6) is 0 Å². The van der Waals surface area contributed by atoms with E-state index < -0.39 is 17.6 Å². The molecule has 0 saturated heterocycles. The van der Waals surface area contributed by atoms with Gasteiger partial charge in [0.2, 0.25) is 0 Å². The van der Waals surface area contributed by atoms with Gasteiger partial charge < -0.3 is 5.73 Å². The second-order valence-electron chi connectivity index (χ2n) is 2.35. The van der Waals surface area contributed by atoms with Crippen molar-refractivity contribution in [2.75, 3.05) is 5.73 Å². The summed E-state index contributed by atoms with van der Waals surface area (Å²) in [7, 11) is 0. The lowest BCUT2D eigenvalue weighted by Gasteiger charge is -2.09. The van der Waals surface area contributed by atoms with Crippen LogP contribution in [0.4, 0.5) is 23.2 Å². The maximum absolute atomic E-state index is 12.7. The van der Waals surface area contributed by atoms with Crippen LogP contribution in [0.2, 0.25) is 5.02 Å². The lowest BCUT2D eigenvalue weighted by atomic mass is 10.2. The van der Waals surface area contributed by atoms with Crippen molar-refractivity contribution in [1.82, 2.24) is 0 Å². The van der Waals surface area contributed by atoms with Crippen molar-refractivity contribution in [2.45, 2.75) is 6.18 Å². The Kier molecular flexibility index (Phi) is 2.38. The molecule has 72 valence electrons. The summed E-state index contributed by atoms with van der Waals surface area (Å²) >= 11 is 5.30. The first kappa shape index (κ1) is 10.1. The number of benzene rings is 1. The molecular weight excluding hydrogens is 210 g/mol. The van der Waals surface area contributed by atoms with Crippen molar-refractivity contribution < 1.29 is 17.6 Å². The average molecular weight is 214 g/mol. The van der Waals surface area contributed by atoms with E-state index in [9.17, 15) is 17.6 Å². The van der Waals surface area contributed by atoms with Crippen LogP contribution in [0.1, 0.15) is 5.56 Å². The predicted octanol–water partition coefficient (Wildman–Crippen LogP) is 3.08. The van der Waals surface area contributed by atoms with Crippen molar-refractivity contribution in [1.29, 1.82) is 0 Å². The molecule has 0 unspecified atom stereocenters. The van der Waals surface area contributed by atoms with Gasteiger partial charge in [0.1, 0.15) is 5.82 Å². The number of nitrogens with two attached hydrogens (primary N) is 1. The summed E-state index contributed by atoms with van der Waals surface area (Å²) in [6.07, 6.45) is -4.75. The third-order valence-corrected chi connectivity index (χ3v) is 1.72. The zero-order chi connectivity index (χ0) is 10.2. The molecule has 0 radical (unpaired) electrons. The molecule has 6 heteroatoms. The van der Waals surface area contributed by atoms with E-state index >= 15 is 0 Å². The molecular formula is C7H4ClF4N. The van der Waals surface area contributed by atoms with Crippen LogP contribution in [0.3, 0.4) is 0 Å². The van der Waals surface area contributed by atoms with Gasteiger partial charge in [0.05, 0.1) is 16.3 Å². The number of hydrogen-bond acceptors (Lipinski definition) is 1. The second-order valence-corrected chi connectivity index (χ2v) is 2.76. The van der Waals surface area contributed by atoms with Crippen LogP contribution >= 0.6 is 11.6 Å². The van der Waals surface area contributed by atoms with Crippen molar-refractivity contribution in [2.24, 2.45) is 0 Å². The number of halogens is 5. The third kappa shape index (κ3) is 2.03. The molecule has 0 saturated carbocycles. The van der Waals surface area contributed by atoms with E-state index in [1.54, 1.807) is 0 Å². The average Bonchev–Trinajstić information content (AvgIpc) is 1.94. The van der Waals surface area contributed by atoms with Crippen LogP contribution in [-0.2, 0) is 6.18 Å². The molecule has 0 aliphatic carbocycles. The molecule has 1 nitrogen and oxygen atoms in total. The highest BCUT2D eigenvalue weighted by molar-refractivity contribution is 6.33. The first-order valence-electron chi connectivity index (χ1n) is 3.14. The molecule has 0 amide bonds. The second kappa shape index (κ2) is 3.06. The standard InChI is InChI=1S/C7H4ClF4N/c8-4-2-5(9)3(1-6(4)13)7(10,11)12/h1-2H,13H2. The van der Waals surface area contributed by atoms with E-state index in [0.717, 1.165) is 0 Å². The van der Waals surface area contributed by atoms with Crippen molar-refractivity contribution in [3.8, 4) is 0 Å². The van der Waals surface area contributed by atoms with Crippen LogP contribution in [0.15, 0.2) is 12.1 Å². The van der Waals surface area contributed by atoms with Gasteiger partial charge in [0, 0.05) is 0 Å². The minimum atomic E-state index is -4.75. The van der Waals surface area contributed by atoms with Crippen molar-refractivity contribution >= 4 is 17.3 Å². The van der Waals surface area contributed by atoms with Gasteiger partial charge in [-0.15, -0.1) is 0 Å². The Morgan fingerprint density at radius 2 is 1.77 bits per heavy atom. The third-order valence-electron chi connectivity index (χ3n) is 1.39. The Morgan fingerprint density at radius 1 is 1.23 bits per heavy atom. The van der Waals surface area contributed by atoms with Gasteiger partial charge in [0.25, 0.3) is 0 Å². The monoisotopic (exact) mass is 213 g/mol. The zero-order valence-electron chi connectivity index (χ0n) is 6.12. The van der Waals surface area contributed by atoms with Gasteiger partial charge >= 0.3 is 6.18 Å². The minimum absolute atomic E-state index is 0.231. The van der Waals surface area contributed by atoms with Crippen molar-refractivity contribution in [3.63, 3.8) is 0 Å². The van der Waals surface area contributed by atoms with Gasteiger partial charge in [-0.2, -0.15) is 13.2 Å². The quantitative estimate of drug-likeness (QED) is 0.520.